The van der Waals surface area contributed by atoms with E-state index in [4.69, 9.17) is 0 Å². The summed E-state index contributed by atoms with van der Waals surface area (Å²) in [6, 6.07) is 9.46. The number of nitrogens with one attached hydrogen (secondary N) is 1. The second-order valence-corrected chi connectivity index (χ2v) is 5.39. The number of benzene rings is 1. The largest absolute Gasteiger partial charge is 0.382 e. The molecule has 1 aromatic rings. The van der Waals surface area contributed by atoms with E-state index in [1.165, 1.54) is 43.4 Å². The summed E-state index contributed by atoms with van der Waals surface area (Å²) in [4.78, 5) is 0. The summed E-state index contributed by atoms with van der Waals surface area (Å²) >= 11 is 0. The van der Waals surface area contributed by atoms with Crippen molar-refractivity contribution in [1.82, 2.24) is 0 Å². The van der Waals surface area contributed by atoms with Crippen molar-refractivity contribution in [2.24, 2.45) is 5.92 Å². The molecule has 1 unspecified atom stereocenters. The molecule has 1 heteroatoms. The predicted octanol–water partition coefficient (Wildman–Crippen LogP) is 4.63. The third-order valence-corrected chi connectivity index (χ3v) is 4.09. The lowest BCUT2D eigenvalue weighted by atomic mass is 9.84. The summed E-state index contributed by atoms with van der Waals surface area (Å²) in [5.41, 5.74) is 2.72. The molecule has 0 bridgehead atoms. The molecule has 1 nitrogen and oxygen atoms in total. The average Bonchev–Trinajstić information content (AvgIpc) is 2.40. The highest BCUT2D eigenvalue weighted by Gasteiger charge is 2.19. The lowest BCUT2D eigenvalue weighted by Gasteiger charge is -2.29. The van der Waals surface area contributed by atoms with Crippen LogP contribution in [0.25, 0.3) is 0 Å². The van der Waals surface area contributed by atoms with Crippen LogP contribution in [0.4, 0.5) is 5.69 Å². The van der Waals surface area contributed by atoms with Gasteiger partial charge in [0, 0.05) is 11.7 Å². The molecule has 0 spiro atoms. The normalized spacial score (nSPS) is 18.9. The maximum atomic E-state index is 3.69. The predicted molar refractivity (Wildman–Crippen MR) is 75.5 cm³/mol. The molecule has 0 amide bonds. The van der Waals surface area contributed by atoms with Crippen LogP contribution in [-0.4, -0.2) is 6.04 Å². The van der Waals surface area contributed by atoms with E-state index in [1.807, 2.05) is 0 Å². The molecule has 0 aromatic heterocycles. The summed E-state index contributed by atoms with van der Waals surface area (Å²) < 4.78 is 0. The van der Waals surface area contributed by atoms with E-state index < -0.39 is 0 Å². The minimum atomic E-state index is 0.613. The van der Waals surface area contributed by atoms with Crippen LogP contribution in [0.1, 0.15) is 51.5 Å². The summed E-state index contributed by atoms with van der Waals surface area (Å²) in [7, 11) is 0. The molecule has 1 N–H and O–H groups in total. The highest BCUT2D eigenvalue weighted by atomic mass is 14.9. The van der Waals surface area contributed by atoms with Gasteiger partial charge >= 0.3 is 0 Å². The van der Waals surface area contributed by atoms with Crippen molar-refractivity contribution in [3.05, 3.63) is 29.8 Å². The van der Waals surface area contributed by atoms with E-state index in [9.17, 15) is 0 Å². The van der Waals surface area contributed by atoms with Gasteiger partial charge in [-0.1, -0.05) is 38.3 Å². The molecule has 1 saturated carbocycles. The lowest BCUT2D eigenvalue weighted by molar-refractivity contribution is 0.328. The number of aryl methyl sites for hydroxylation is 1. The van der Waals surface area contributed by atoms with Gasteiger partial charge in [-0.15, -0.1) is 0 Å². The van der Waals surface area contributed by atoms with Gasteiger partial charge in [-0.05, 0) is 49.8 Å². The molecule has 0 saturated heterocycles. The van der Waals surface area contributed by atoms with E-state index in [0.717, 1.165) is 12.3 Å². The Hall–Kier alpha value is -0.980. The topological polar surface area (TPSA) is 12.0 Å². The number of hydrogen-bond donors (Lipinski definition) is 1. The van der Waals surface area contributed by atoms with Gasteiger partial charge in [0.15, 0.2) is 0 Å². The first-order chi connectivity index (χ1) is 8.29. The van der Waals surface area contributed by atoms with Gasteiger partial charge in [-0.25, -0.2) is 0 Å². The lowest BCUT2D eigenvalue weighted by Crippen LogP contribution is -2.27. The molecular formula is C16H25N. The molecule has 1 fully saturated rings. The number of anilines is 1. The van der Waals surface area contributed by atoms with E-state index in [2.05, 4.69) is 43.4 Å². The Balaban J connectivity index is 1.94. The van der Waals surface area contributed by atoms with Crippen LogP contribution < -0.4 is 5.32 Å². The van der Waals surface area contributed by atoms with Crippen LogP contribution in [0.5, 0.6) is 0 Å². The fraction of sp³-hybridized carbons (Fsp3) is 0.625. The van der Waals surface area contributed by atoms with Gasteiger partial charge in [-0.3, -0.25) is 0 Å². The second-order valence-electron chi connectivity index (χ2n) is 5.39. The first-order valence-corrected chi connectivity index (χ1v) is 7.15. The molecule has 0 aliphatic heterocycles. The van der Waals surface area contributed by atoms with Crippen molar-refractivity contribution in [3.63, 3.8) is 0 Å². The van der Waals surface area contributed by atoms with E-state index in [-0.39, 0.29) is 0 Å². The molecular weight excluding hydrogens is 206 g/mol. The third-order valence-electron chi connectivity index (χ3n) is 4.09. The summed E-state index contributed by atoms with van der Waals surface area (Å²) in [6.45, 7) is 4.55. The monoisotopic (exact) mass is 231 g/mol. The summed E-state index contributed by atoms with van der Waals surface area (Å²) in [5.74, 6) is 0.869. The smallest absolute Gasteiger partial charge is 0.0345 e. The minimum absolute atomic E-state index is 0.613. The van der Waals surface area contributed by atoms with Crippen LogP contribution in [0.2, 0.25) is 0 Å². The second kappa shape index (κ2) is 6.09. The Morgan fingerprint density at radius 3 is 2.71 bits per heavy atom. The molecule has 94 valence electrons. The molecule has 2 rings (SSSR count). The maximum Gasteiger partial charge on any atom is 0.0345 e. The Labute approximate surface area is 106 Å². The van der Waals surface area contributed by atoms with Crippen molar-refractivity contribution >= 4 is 5.69 Å². The first kappa shape index (κ1) is 12.5. The molecule has 1 atom stereocenters. The fourth-order valence-corrected chi connectivity index (χ4v) is 2.90. The zero-order valence-electron chi connectivity index (χ0n) is 11.2. The maximum absolute atomic E-state index is 3.69. The Bertz CT molecular complexity index is 339. The van der Waals surface area contributed by atoms with Crippen molar-refractivity contribution < 1.29 is 0 Å². The summed E-state index contributed by atoms with van der Waals surface area (Å²) in [5, 5.41) is 3.69. The quantitative estimate of drug-likeness (QED) is 0.796. The Kier molecular flexibility index (Phi) is 4.47. The van der Waals surface area contributed by atoms with Crippen LogP contribution in [0, 0.1) is 5.92 Å². The van der Waals surface area contributed by atoms with Gasteiger partial charge < -0.3 is 5.32 Å². The van der Waals surface area contributed by atoms with E-state index in [0.29, 0.717) is 6.04 Å². The van der Waals surface area contributed by atoms with E-state index >= 15 is 0 Å². The molecule has 1 aromatic carbocycles. The number of rotatable bonds is 4. The zero-order chi connectivity index (χ0) is 12.1. The van der Waals surface area contributed by atoms with Gasteiger partial charge in [0.25, 0.3) is 0 Å². The van der Waals surface area contributed by atoms with Crippen molar-refractivity contribution in [3.8, 4) is 0 Å². The minimum Gasteiger partial charge on any atom is -0.382 e. The zero-order valence-corrected chi connectivity index (χ0v) is 11.2. The molecule has 0 heterocycles. The van der Waals surface area contributed by atoms with E-state index in [1.54, 1.807) is 0 Å². The molecule has 1 aliphatic rings. The first-order valence-electron chi connectivity index (χ1n) is 7.15. The fourth-order valence-electron chi connectivity index (χ4n) is 2.90. The summed E-state index contributed by atoms with van der Waals surface area (Å²) in [6.07, 6.45) is 8.21. The Morgan fingerprint density at radius 2 is 2.00 bits per heavy atom. The average molecular weight is 231 g/mol. The van der Waals surface area contributed by atoms with Crippen molar-refractivity contribution in [2.75, 3.05) is 5.32 Å². The van der Waals surface area contributed by atoms with Crippen LogP contribution in [-0.2, 0) is 6.42 Å². The Morgan fingerprint density at radius 1 is 1.24 bits per heavy atom. The van der Waals surface area contributed by atoms with Gasteiger partial charge in [-0.2, -0.15) is 0 Å². The van der Waals surface area contributed by atoms with Crippen LogP contribution in [0.15, 0.2) is 24.3 Å². The molecule has 1 aliphatic carbocycles. The highest BCUT2D eigenvalue weighted by Crippen LogP contribution is 2.28. The SMILES string of the molecule is CCc1cccc(NC(C)C2CCCCC2)c1. The van der Waals surface area contributed by atoms with Crippen LogP contribution in [0.3, 0.4) is 0 Å². The molecule has 17 heavy (non-hydrogen) atoms. The van der Waals surface area contributed by atoms with Crippen molar-refractivity contribution in [2.45, 2.75) is 58.4 Å². The third kappa shape index (κ3) is 3.49. The van der Waals surface area contributed by atoms with Gasteiger partial charge in [0.1, 0.15) is 0 Å². The highest BCUT2D eigenvalue weighted by molar-refractivity contribution is 5.46. The van der Waals surface area contributed by atoms with Crippen LogP contribution >= 0.6 is 0 Å². The molecule has 0 radical (unpaired) electrons. The van der Waals surface area contributed by atoms with Crippen molar-refractivity contribution in [1.29, 1.82) is 0 Å². The number of hydrogen-bond acceptors (Lipinski definition) is 1. The van der Waals surface area contributed by atoms with Gasteiger partial charge in [0.05, 0.1) is 0 Å². The standard InChI is InChI=1S/C16H25N/c1-3-14-8-7-11-16(12-14)17-13(2)15-9-5-4-6-10-15/h7-8,11-13,15,17H,3-6,9-10H2,1-2H3. The van der Waals surface area contributed by atoms with Gasteiger partial charge in [0.2, 0.25) is 0 Å².